The Labute approximate surface area is 107 Å². The van der Waals surface area contributed by atoms with Gasteiger partial charge in [-0.15, -0.1) is 11.6 Å². The number of ketones is 1. The van der Waals surface area contributed by atoms with Crippen LogP contribution in [-0.4, -0.2) is 17.6 Å². The SMILES string of the molecule is C.CC(=O)Oc1ccc(C(=O)CCCCl)cc1. The first-order valence-corrected chi connectivity index (χ1v) is 5.54. The highest BCUT2D eigenvalue weighted by atomic mass is 35.5. The van der Waals surface area contributed by atoms with Crippen molar-refractivity contribution < 1.29 is 14.3 Å². The Balaban J connectivity index is 0.00000256. The predicted octanol–water partition coefficient (Wildman–Crippen LogP) is 3.45. The summed E-state index contributed by atoms with van der Waals surface area (Å²) in [5.74, 6) is 0.606. The molecule has 0 atom stereocenters. The molecule has 0 fully saturated rings. The molecule has 0 aliphatic rings. The van der Waals surface area contributed by atoms with Crippen molar-refractivity contribution in [1.82, 2.24) is 0 Å². The van der Waals surface area contributed by atoms with Crippen LogP contribution < -0.4 is 4.74 Å². The lowest BCUT2D eigenvalue weighted by Crippen LogP contribution is -2.02. The van der Waals surface area contributed by atoms with E-state index in [1.165, 1.54) is 6.92 Å². The monoisotopic (exact) mass is 256 g/mol. The number of hydrogen-bond donors (Lipinski definition) is 0. The van der Waals surface area contributed by atoms with E-state index in [1.807, 2.05) is 0 Å². The fourth-order valence-corrected chi connectivity index (χ4v) is 1.38. The van der Waals surface area contributed by atoms with Crippen molar-refractivity contribution in [1.29, 1.82) is 0 Å². The van der Waals surface area contributed by atoms with Crippen molar-refractivity contribution in [3.05, 3.63) is 29.8 Å². The fourth-order valence-electron chi connectivity index (χ4n) is 1.25. The number of halogens is 1. The number of Topliss-reactive ketones (excluding diaryl/α,β-unsaturated/α-hetero) is 1. The second-order valence-electron chi connectivity index (χ2n) is 3.33. The Bertz CT molecular complexity index is 371. The van der Waals surface area contributed by atoms with Gasteiger partial charge in [-0.3, -0.25) is 9.59 Å². The van der Waals surface area contributed by atoms with Crippen molar-refractivity contribution in [2.24, 2.45) is 0 Å². The molecule has 0 aromatic heterocycles. The molecule has 0 spiro atoms. The Hall–Kier alpha value is -1.35. The minimum atomic E-state index is -0.374. The summed E-state index contributed by atoms with van der Waals surface area (Å²) in [5.41, 5.74) is 0.612. The molecule has 0 N–H and O–H groups in total. The molecule has 1 aromatic carbocycles. The lowest BCUT2D eigenvalue weighted by molar-refractivity contribution is -0.131. The number of alkyl halides is 1. The zero-order valence-electron chi connectivity index (χ0n) is 9.03. The molecule has 0 radical (unpaired) electrons. The summed E-state index contributed by atoms with van der Waals surface area (Å²) >= 11 is 5.51. The van der Waals surface area contributed by atoms with Gasteiger partial charge in [0.25, 0.3) is 0 Å². The molecule has 0 aliphatic carbocycles. The normalized spacial score (nSPS) is 9.29. The molecule has 94 valence electrons. The third kappa shape index (κ3) is 5.50. The summed E-state index contributed by atoms with van der Waals surface area (Å²) in [6.45, 7) is 1.33. The lowest BCUT2D eigenvalue weighted by Gasteiger charge is -2.02. The third-order valence-corrected chi connectivity index (χ3v) is 2.24. The molecule has 0 aliphatic heterocycles. The van der Waals surface area contributed by atoms with Gasteiger partial charge >= 0.3 is 5.97 Å². The highest BCUT2D eigenvalue weighted by Gasteiger charge is 2.05. The van der Waals surface area contributed by atoms with E-state index in [1.54, 1.807) is 24.3 Å². The Morgan fingerprint density at radius 2 is 1.82 bits per heavy atom. The van der Waals surface area contributed by atoms with Crippen molar-refractivity contribution >= 4 is 23.4 Å². The van der Waals surface area contributed by atoms with E-state index in [0.29, 0.717) is 30.0 Å². The van der Waals surface area contributed by atoms with Gasteiger partial charge in [0.05, 0.1) is 0 Å². The van der Waals surface area contributed by atoms with Gasteiger partial charge < -0.3 is 4.74 Å². The quantitative estimate of drug-likeness (QED) is 0.351. The van der Waals surface area contributed by atoms with E-state index in [4.69, 9.17) is 16.3 Å². The van der Waals surface area contributed by atoms with Gasteiger partial charge in [0, 0.05) is 24.8 Å². The van der Waals surface area contributed by atoms with Gasteiger partial charge in [-0.2, -0.15) is 0 Å². The highest BCUT2D eigenvalue weighted by molar-refractivity contribution is 6.18. The van der Waals surface area contributed by atoms with E-state index in [0.717, 1.165) is 0 Å². The van der Waals surface area contributed by atoms with Crippen LogP contribution >= 0.6 is 11.6 Å². The molecule has 1 aromatic rings. The maximum absolute atomic E-state index is 11.6. The van der Waals surface area contributed by atoms with E-state index in [9.17, 15) is 9.59 Å². The summed E-state index contributed by atoms with van der Waals surface area (Å²) in [5, 5.41) is 0. The maximum Gasteiger partial charge on any atom is 0.308 e. The molecule has 0 amide bonds. The largest absolute Gasteiger partial charge is 0.427 e. The summed E-state index contributed by atoms with van der Waals surface area (Å²) in [6.07, 6.45) is 1.11. The summed E-state index contributed by atoms with van der Waals surface area (Å²) in [7, 11) is 0. The number of esters is 1. The Morgan fingerprint density at radius 1 is 1.24 bits per heavy atom. The van der Waals surface area contributed by atoms with Crippen LogP contribution in [0.2, 0.25) is 0 Å². The van der Waals surface area contributed by atoms with Crippen LogP contribution in [0.3, 0.4) is 0 Å². The first kappa shape index (κ1) is 15.7. The average Bonchev–Trinajstić information content (AvgIpc) is 2.26. The van der Waals surface area contributed by atoms with Gasteiger partial charge in [-0.25, -0.2) is 0 Å². The first-order chi connectivity index (χ1) is 7.63. The minimum absolute atomic E-state index is 0. The van der Waals surface area contributed by atoms with Crippen LogP contribution in [0.1, 0.15) is 37.6 Å². The molecular formula is C13H17ClO3. The molecule has 0 saturated heterocycles. The van der Waals surface area contributed by atoms with E-state index in [2.05, 4.69) is 0 Å². The number of benzene rings is 1. The van der Waals surface area contributed by atoms with Crippen molar-refractivity contribution in [3.63, 3.8) is 0 Å². The molecule has 0 bridgehead atoms. The van der Waals surface area contributed by atoms with Crippen molar-refractivity contribution in [2.75, 3.05) is 5.88 Å². The predicted molar refractivity (Wildman–Crippen MR) is 68.8 cm³/mol. The van der Waals surface area contributed by atoms with Crippen LogP contribution in [-0.2, 0) is 4.79 Å². The Kier molecular flexibility index (Phi) is 7.22. The zero-order chi connectivity index (χ0) is 12.0. The maximum atomic E-state index is 11.6. The number of rotatable bonds is 5. The average molecular weight is 257 g/mol. The number of carbonyl (C=O) groups is 2. The topological polar surface area (TPSA) is 43.4 Å². The molecule has 0 unspecified atom stereocenters. The third-order valence-electron chi connectivity index (χ3n) is 1.98. The fraction of sp³-hybridized carbons (Fsp3) is 0.385. The second-order valence-corrected chi connectivity index (χ2v) is 3.71. The zero-order valence-corrected chi connectivity index (χ0v) is 9.79. The molecule has 1 rings (SSSR count). The number of hydrogen-bond acceptors (Lipinski definition) is 3. The minimum Gasteiger partial charge on any atom is -0.427 e. The Morgan fingerprint density at radius 3 is 2.29 bits per heavy atom. The molecule has 0 heterocycles. The van der Waals surface area contributed by atoms with Gasteiger partial charge in [-0.05, 0) is 30.7 Å². The van der Waals surface area contributed by atoms with E-state index in [-0.39, 0.29) is 19.2 Å². The van der Waals surface area contributed by atoms with Gasteiger partial charge in [-0.1, -0.05) is 7.43 Å². The van der Waals surface area contributed by atoms with Crippen LogP contribution in [0.5, 0.6) is 5.75 Å². The first-order valence-electron chi connectivity index (χ1n) is 5.01. The number of carbonyl (C=O) groups excluding carboxylic acids is 2. The van der Waals surface area contributed by atoms with Crippen LogP contribution in [0.15, 0.2) is 24.3 Å². The molecular weight excluding hydrogens is 240 g/mol. The lowest BCUT2D eigenvalue weighted by atomic mass is 10.1. The number of ether oxygens (including phenoxy) is 1. The molecule has 0 saturated carbocycles. The summed E-state index contributed by atoms with van der Waals surface area (Å²) in [4.78, 5) is 22.2. The van der Waals surface area contributed by atoms with Gasteiger partial charge in [0.2, 0.25) is 0 Å². The molecule has 4 heteroatoms. The smallest absolute Gasteiger partial charge is 0.308 e. The van der Waals surface area contributed by atoms with Gasteiger partial charge in [0.1, 0.15) is 5.75 Å². The van der Waals surface area contributed by atoms with Crippen LogP contribution in [0, 0.1) is 0 Å². The molecule has 3 nitrogen and oxygen atoms in total. The van der Waals surface area contributed by atoms with E-state index >= 15 is 0 Å². The van der Waals surface area contributed by atoms with E-state index < -0.39 is 0 Å². The van der Waals surface area contributed by atoms with Crippen LogP contribution in [0.25, 0.3) is 0 Å². The molecule has 17 heavy (non-hydrogen) atoms. The summed E-state index contributed by atoms with van der Waals surface area (Å²) < 4.78 is 4.86. The van der Waals surface area contributed by atoms with Crippen molar-refractivity contribution in [2.45, 2.75) is 27.2 Å². The summed E-state index contributed by atoms with van der Waals surface area (Å²) in [6, 6.07) is 6.51. The van der Waals surface area contributed by atoms with Crippen LogP contribution in [0.4, 0.5) is 0 Å². The second kappa shape index (κ2) is 7.85. The van der Waals surface area contributed by atoms with Crippen molar-refractivity contribution in [3.8, 4) is 5.75 Å². The highest BCUT2D eigenvalue weighted by Crippen LogP contribution is 2.14. The standard InChI is InChI=1S/C12H13ClO3.CH4/c1-9(14)16-11-6-4-10(5-7-11)12(15)3-2-8-13;/h4-7H,2-3,8H2,1H3;1H4. The van der Waals surface area contributed by atoms with Gasteiger partial charge in [0.15, 0.2) is 5.78 Å².